The summed E-state index contributed by atoms with van der Waals surface area (Å²) in [5.41, 5.74) is 9.31. The summed E-state index contributed by atoms with van der Waals surface area (Å²) >= 11 is 1.66. The lowest BCUT2D eigenvalue weighted by Crippen LogP contribution is -2.18. The first-order valence-corrected chi connectivity index (χ1v) is 12.6. The van der Waals surface area contributed by atoms with Crippen molar-refractivity contribution in [1.82, 2.24) is 9.97 Å². The first-order valence-electron chi connectivity index (χ1n) is 9.97. The minimum Gasteiger partial charge on any atom is -0.480 e. The fourth-order valence-electron chi connectivity index (χ4n) is 4.15. The van der Waals surface area contributed by atoms with Gasteiger partial charge in [0.2, 0.25) is 0 Å². The van der Waals surface area contributed by atoms with Crippen molar-refractivity contribution < 1.29 is 18.3 Å². The fraction of sp³-hybridized carbons (Fsp3) is 0.364. The lowest BCUT2D eigenvalue weighted by Gasteiger charge is -2.30. The third-order valence-electron chi connectivity index (χ3n) is 5.88. The maximum absolute atomic E-state index is 13.3. The number of aromatic nitrogens is 2. The van der Waals surface area contributed by atoms with Gasteiger partial charge in [0.05, 0.1) is 23.9 Å². The van der Waals surface area contributed by atoms with Gasteiger partial charge in [-0.3, -0.25) is 14.1 Å². The Morgan fingerprint density at radius 2 is 2.17 bits per heavy atom. The average molecular weight is 442 g/mol. The van der Waals surface area contributed by atoms with Crippen LogP contribution in [-0.4, -0.2) is 22.9 Å². The van der Waals surface area contributed by atoms with Gasteiger partial charge in [0.1, 0.15) is 5.75 Å². The van der Waals surface area contributed by atoms with E-state index >= 15 is 0 Å². The van der Waals surface area contributed by atoms with Gasteiger partial charge in [-0.2, -0.15) is 0 Å². The maximum Gasteiger partial charge on any atom is 0.368 e. The van der Waals surface area contributed by atoms with E-state index in [-0.39, 0.29) is 12.5 Å². The minimum absolute atomic E-state index is 0.128. The molecule has 0 bridgehead atoms. The number of nitrogens with zero attached hydrogens (tertiary/aromatic N) is 2. The number of pyridine rings is 1. The predicted molar refractivity (Wildman–Crippen MR) is 116 cm³/mol. The summed E-state index contributed by atoms with van der Waals surface area (Å²) in [5, 5.41) is 0. The number of hydrogen-bond donors (Lipinski definition) is 0. The fourth-order valence-corrected chi connectivity index (χ4v) is 6.41. The molecule has 0 saturated carbocycles. The molecule has 2 atom stereocenters. The average Bonchev–Trinajstić information content (AvgIpc) is 3.32. The quantitative estimate of drug-likeness (QED) is 0.375. The number of ether oxygens (including phenoxy) is 1. The van der Waals surface area contributed by atoms with Gasteiger partial charge < -0.3 is 9.26 Å². The second-order valence-corrected chi connectivity index (χ2v) is 10.6. The highest BCUT2D eigenvalue weighted by molar-refractivity contribution is 7.53. The van der Waals surface area contributed by atoms with Gasteiger partial charge in [-0.05, 0) is 49.6 Å². The molecule has 0 spiro atoms. The van der Waals surface area contributed by atoms with Crippen LogP contribution in [0.15, 0.2) is 29.9 Å². The molecule has 6 nitrogen and oxygen atoms in total. The molecule has 1 aliphatic heterocycles. The summed E-state index contributed by atoms with van der Waals surface area (Å²) < 4.78 is 31.0. The van der Waals surface area contributed by atoms with E-state index in [2.05, 4.69) is 23.8 Å². The predicted octanol–water partition coefficient (Wildman–Crippen LogP) is 5.74. The number of aryl methyl sites for hydroxylation is 2. The number of rotatable bonds is 4. The molecular weight excluding hydrogens is 419 g/mol. The molecule has 2 unspecified atom stereocenters. The Balaban J connectivity index is 1.41. The smallest absolute Gasteiger partial charge is 0.368 e. The minimum atomic E-state index is -3.41. The highest BCUT2D eigenvalue weighted by Gasteiger charge is 2.37. The SMILES string of the molecule is Cc1cc(OCP2(=O)OCCC(c3cccnc3C)O2)c2c(c1C)Cc1scnc1-2. The first kappa shape index (κ1) is 19.9. The topological polar surface area (TPSA) is 70.5 Å². The summed E-state index contributed by atoms with van der Waals surface area (Å²) in [5.74, 6) is 0.694. The zero-order valence-electron chi connectivity index (χ0n) is 17.2. The molecule has 1 fully saturated rings. The van der Waals surface area contributed by atoms with Crippen molar-refractivity contribution in [2.24, 2.45) is 0 Å². The maximum atomic E-state index is 13.3. The summed E-state index contributed by atoms with van der Waals surface area (Å²) in [6, 6.07) is 5.83. The van der Waals surface area contributed by atoms with Gasteiger partial charge in [-0.1, -0.05) is 6.07 Å². The van der Waals surface area contributed by atoms with Crippen LogP contribution in [0.3, 0.4) is 0 Å². The highest BCUT2D eigenvalue weighted by atomic mass is 32.1. The zero-order chi connectivity index (χ0) is 20.9. The van der Waals surface area contributed by atoms with Gasteiger partial charge >= 0.3 is 7.60 Å². The van der Waals surface area contributed by atoms with Crippen molar-refractivity contribution in [3.8, 4) is 17.0 Å². The molecule has 3 heterocycles. The van der Waals surface area contributed by atoms with Gasteiger partial charge in [0, 0.05) is 40.7 Å². The van der Waals surface area contributed by atoms with Crippen LogP contribution >= 0.6 is 18.9 Å². The Morgan fingerprint density at radius 3 is 3.00 bits per heavy atom. The molecule has 2 aliphatic rings. The third-order valence-corrected chi connectivity index (χ3v) is 8.31. The second kappa shape index (κ2) is 7.57. The Bertz CT molecular complexity index is 1180. The van der Waals surface area contributed by atoms with Gasteiger partial charge in [-0.15, -0.1) is 11.3 Å². The molecule has 1 aromatic carbocycles. The Labute approximate surface area is 179 Å². The van der Waals surface area contributed by atoms with Crippen LogP contribution in [0.25, 0.3) is 11.3 Å². The zero-order valence-corrected chi connectivity index (χ0v) is 18.9. The summed E-state index contributed by atoms with van der Waals surface area (Å²) in [6.45, 7) is 6.49. The lowest BCUT2D eigenvalue weighted by molar-refractivity contribution is 0.0720. The number of hydrogen-bond acceptors (Lipinski definition) is 7. The molecule has 30 heavy (non-hydrogen) atoms. The van der Waals surface area contributed by atoms with Crippen molar-refractivity contribution >= 4 is 18.9 Å². The molecule has 0 N–H and O–H groups in total. The molecule has 1 saturated heterocycles. The molecule has 8 heteroatoms. The summed E-state index contributed by atoms with van der Waals surface area (Å²) in [7, 11) is -3.41. The Hall–Kier alpha value is -2.05. The lowest BCUT2D eigenvalue weighted by atomic mass is 9.98. The van der Waals surface area contributed by atoms with E-state index < -0.39 is 7.60 Å². The molecule has 3 aromatic rings. The molecule has 2 aromatic heterocycles. The number of benzene rings is 1. The normalized spacial score (nSPS) is 22.6. The largest absolute Gasteiger partial charge is 0.480 e. The van der Waals surface area contributed by atoms with Crippen molar-refractivity contribution in [3.63, 3.8) is 0 Å². The summed E-state index contributed by atoms with van der Waals surface area (Å²) in [6.07, 6.45) is 2.81. The van der Waals surface area contributed by atoms with Crippen LogP contribution in [0.5, 0.6) is 5.75 Å². The molecule has 0 radical (unpaired) electrons. The van der Waals surface area contributed by atoms with Gasteiger partial charge in [-0.25, -0.2) is 4.98 Å². The van der Waals surface area contributed by atoms with Crippen LogP contribution in [0.2, 0.25) is 0 Å². The van der Waals surface area contributed by atoms with Gasteiger partial charge in [0.25, 0.3) is 0 Å². The third kappa shape index (κ3) is 3.40. The monoisotopic (exact) mass is 442 g/mol. The van der Waals surface area contributed by atoms with Crippen LogP contribution in [-0.2, 0) is 20.0 Å². The van der Waals surface area contributed by atoms with Crippen LogP contribution in [0, 0.1) is 20.8 Å². The van der Waals surface area contributed by atoms with Crippen molar-refractivity contribution in [3.05, 3.63) is 62.7 Å². The molecule has 156 valence electrons. The van der Waals surface area contributed by atoms with Crippen LogP contribution in [0.1, 0.15) is 45.3 Å². The molecule has 1 aliphatic carbocycles. The van der Waals surface area contributed by atoms with Crippen molar-refractivity contribution in [2.45, 2.75) is 39.7 Å². The van der Waals surface area contributed by atoms with Crippen molar-refractivity contribution in [1.29, 1.82) is 0 Å². The van der Waals surface area contributed by atoms with E-state index in [1.54, 1.807) is 17.5 Å². The Morgan fingerprint density at radius 1 is 1.30 bits per heavy atom. The van der Waals surface area contributed by atoms with Crippen LogP contribution < -0.4 is 4.74 Å². The van der Waals surface area contributed by atoms with E-state index in [9.17, 15) is 4.57 Å². The highest BCUT2D eigenvalue weighted by Crippen LogP contribution is 2.57. The standard InChI is InChI=1S/C22H23N2O4PS/c1-13-9-19(21-17(14(13)2)10-20-22(21)24-11-30-20)26-12-29(25)27-8-6-18(28-29)16-5-4-7-23-15(16)3/h4-5,7,9,11,18H,6,8,10,12H2,1-3H3. The Kier molecular flexibility index (Phi) is 5.02. The van der Waals surface area contributed by atoms with E-state index in [1.807, 2.05) is 30.6 Å². The molecular formula is C22H23N2O4PS. The van der Waals surface area contributed by atoms with E-state index in [1.165, 1.54) is 16.0 Å². The van der Waals surface area contributed by atoms with Crippen molar-refractivity contribution in [2.75, 3.05) is 13.0 Å². The van der Waals surface area contributed by atoms with E-state index in [0.717, 1.165) is 34.5 Å². The number of thiazole rings is 1. The van der Waals surface area contributed by atoms with Gasteiger partial charge in [0.15, 0.2) is 6.35 Å². The number of fused-ring (bicyclic) bond motifs is 3. The summed E-state index contributed by atoms with van der Waals surface area (Å²) in [4.78, 5) is 10.1. The molecule has 5 rings (SSSR count). The second-order valence-electron chi connectivity index (χ2n) is 7.75. The van der Waals surface area contributed by atoms with E-state index in [4.69, 9.17) is 13.8 Å². The van der Waals surface area contributed by atoms with Crippen LogP contribution in [0.4, 0.5) is 0 Å². The molecule has 0 amide bonds. The van der Waals surface area contributed by atoms with E-state index in [0.29, 0.717) is 18.8 Å². The first-order chi connectivity index (χ1) is 14.5.